The minimum absolute atomic E-state index is 0.174. The second kappa shape index (κ2) is 10.4. The van der Waals surface area contributed by atoms with Gasteiger partial charge in [0.2, 0.25) is 15.9 Å². The number of aryl methyl sites for hydroxylation is 1. The van der Waals surface area contributed by atoms with Crippen molar-refractivity contribution in [3.8, 4) is 5.75 Å². The Hall–Kier alpha value is -4.21. The Kier molecular flexibility index (Phi) is 7.71. The SMILES string of the molecule is Cn1ccnc1CN(C(=O)CS(=O)(=O)Nc1c(F)c(F)c(CF)c(F)c1F)c1ccc(C(=O)O)c(O)c1. The van der Waals surface area contributed by atoms with Gasteiger partial charge >= 0.3 is 5.97 Å². The van der Waals surface area contributed by atoms with E-state index < -0.39 is 86.7 Å². The van der Waals surface area contributed by atoms with Gasteiger partial charge in [-0.1, -0.05) is 0 Å². The van der Waals surface area contributed by atoms with Gasteiger partial charge in [-0.05, 0) is 12.1 Å². The van der Waals surface area contributed by atoms with Gasteiger partial charge in [0.15, 0.2) is 23.3 Å². The smallest absolute Gasteiger partial charge is 0.339 e. The van der Waals surface area contributed by atoms with Crippen molar-refractivity contribution in [3.63, 3.8) is 0 Å². The number of alkyl halides is 1. The molecular formula is C21H17F5N4O6S. The van der Waals surface area contributed by atoms with Crippen molar-refractivity contribution in [2.45, 2.75) is 13.2 Å². The van der Waals surface area contributed by atoms with Crippen LogP contribution in [-0.4, -0.2) is 45.8 Å². The van der Waals surface area contributed by atoms with Gasteiger partial charge in [-0.3, -0.25) is 9.52 Å². The van der Waals surface area contributed by atoms with Crippen LogP contribution >= 0.6 is 0 Å². The second-order valence-corrected chi connectivity index (χ2v) is 9.27. The van der Waals surface area contributed by atoms with Gasteiger partial charge in [-0.15, -0.1) is 0 Å². The number of imidazole rings is 1. The van der Waals surface area contributed by atoms with E-state index >= 15 is 0 Å². The summed E-state index contributed by atoms with van der Waals surface area (Å²) in [6.45, 7) is -2.31. The Morgan fingerprint density at radius 1 is 1.11 bits per heavy atom. The third kappa shape index (κ3) is 5.63. The van der Waals surface area contributed by atoms with E-state index in [1.165, 1.54) is 21.7 Å². The van der Waals surface area contributed by atoms with E-state index in [9.17, 15) is 45.1 Å². The highest BCUT2D eigenvalue weighted by atomic mass is 32.2. The molecule has 0 saturated carbocycles. The molecule has 16 heteroatoms. The molecule has 0 aliphatic heterocycles. The fourth-order valence-electron chi connectivity index (χ4n) is 3.20. The molecule has 3 aromatic rings. The van der Waals surface area contributed by atoms with Gasteiger partial charge < -0.3 is 19.7 Å². The molecule has 3 rings (SSSR count). The van der Waals surface area contributed by atoms with Crippen LogP contribution in [0.3, 0.4) is 0 Å². The number of nitrogens with one attached hydrogen (secondary N) is 1. The highest BCUT2D eigenvalue weighted by Gasteiger charge is 2.31. The van der Waals surface area contributed by atoms with Crippen LogP contribution < -0.4 is 9.62 Å². The van der Waals surface area contributed by atoms with Crippen molar-refractivity contribution >= 4 is 33.3 Å². The van der Waals surface area contributed by atoms with Gasteiger partial charge in [-0.2, -0.15) is 0 Å². The maximum absolute atomic E-state index is 14.2. The summed E-state index contributed by atoms with van der Waals surface area (Å²) in [6, 6.07) is 2.90. The average Bonchev–Trinajstić information content (AvgIpc) is 3.23. The lowest BCUT2D eigenvalue weighted by Gasteiger charge is -2.23. The standard InChI is InChI=1S/C21H17F5N4O6S/c1-29-5-4-27-14(29)8-30(10-2-3-11(21(33)34)13(31)6-10)15(32)9-37(35,36)28-20-18(25)16(23)12(7-22)17(24)19(20)26/h2-6,28,31H,7-9H2,1H3,(H,33,34). The number of carbonyl (C=O) groups is 2. The number of carboxylic acid groups (broad SMARTS) is 1. The molecule has 37 heavy (non-hydrogen) atoms. The van der Waals surface area contributed by atoms with Crippen LogP contribution in [0.25, 0.3) is 0 Å². The van der Waals surface area contributed by atoms with Crippen LogP contribution in [0.2, 0.25) is 0 Å². The number of aromatic carboxylic acids is 1. The highest BCUT2D eigenvalue weighted by Crippen LogP contribution is 2.30. The zero-order valence-corrected chi connectivity index (χ0v) is 19.5. The maximum Gasteiger partial charge on any atom is 0.339 e. The first kappa shape index (κ1) is 27.4. The summed E-state index contributed by atoms with van der Waals surface area (Å²) >= 11 is 0. The Bertz CT molecular complexity index is 1470. The number of carbonyl (C=O) groups excluding carboxylic acids is 1. The van der Waals surface area contributed by atoms with E-state index in [0.717, 1.165) is 23.1 Å². The maximum atomic E-state index is 14.2. The lowest BCUT2D eigenvalue weighted by Crippen LogP contribution is -2.38. The molecule has 10 nitrogen and oxygen atoms in total. The van der Waals surface area contributed by atoms with Crippen molar-refractivity contribution in [2.24, 2.45) is 7.05 Å². The number of nitrogens with zero attached hydrogens (tertiary/aromatic N) is 3. The van der Waals surface area contributed by atoms with Crippen LogP contribution in [0.1, 0.15) is 21.7 Å². The van der Waals surface area contributed by atoms with E-state index in [2.05, 4.69) is 4.98 Å². The van der Waals surface area contributed by atoms with E-state index in [-0.39, 0.29) is 11.5 Å². The molecular weight excluding hydrogens is 531 g/mol. The third-order valence-electron chi connectivity index (χ3n) is 5.10. The number of anilines is 2. The minimum atomic E-state index is -5.04. The van der Waals surface area contributed by atoms with Crippen molar-refractivity contribution < 1.29 is 50.2 Å². The quantitative estimate of drug-likeness (QED) is 0.276. The Balaban J connectivity index is 1.97. The lowest BCUT2D eigenvalue weighted by molar-refractivity contribution is -0.116. The molecule has 0 unspecified atom stereocenters. The molecule has 0 radical (unpaired) electrons. The summed E-state index contributed by atoms with van der Waals surface area (Å²) in [6.07, 6.45) is 2.86. The first-order valence-corrected chi connectivity index (χ1v) is 11.7. The molecule has 198 valence electrons. The molecule has 1 aromatic heterocycles. The number of aromatic hydroxyl groups is 1. The minimum Gasteiger partial charge on any atom is -0.507 e. The van der Waals surface area contributed by atoms with Crippen LogP contribution in [-0.2, 0) is 35.1 Å². The van der Waals surface area contributed by atoms with Crippen LogP contribution in [0.15, 0.2) is 30.6 Å². The number of amides is 1. The number of hydrogen-bond donors (Lipinski definition) is 3. The topological polar surface area (TPSA) is 142 Å². The third-order valence-corrected chi connectivity index (χ3v) is 6.25. The van der Waals surface area contributed by atoms with E-state index in [0.29, 0.717) is 0 Å². The molecule has 0 fully saturated rings. The molecule has 0 aliphatic carbocycles. The summed E-state index contributed by atoms with van der Waals surface area (Å²) in [5.41, 5.74) is -4.07. The molecule has 0 bridgehead atoms. The zero-order valence-electron chi connectivity index (χ0n) is 18.7. The van der Waals surface area contributed by atoms with Crippen LogP contribution in [0.5, 0.6) is 5.75 Å². The van der Waals surface area contributed by atoms with Crippen molar-refractivity contribution in [1.82, 2.24) is 9.55 Å². The molecule has 3 N–H and O–H groups in total. The first-order valence-electron chi connectivity index (χ1n) is 10.0. The van der Waals surface area contributed by atoms with E-state index in [4.69, 9.17) is 5.11 Å². The van der Waals surface area contributed by atoms with Crippen molar-refractivity contribution in [3.05, 3.63) is 70.8 Å². The number of hydrogen-bond acceptors (Lipinski definition) is 6. The molecule has 1 amide bonds. The molecule has 0 aliphatic rings. The number of benzene rings is 2. The largest absolute Gasteiger partial charge is 0.507 e. The fourth-order valence-corrected chi connectivity index (χ4v) is 4.24. The van der Waals surface area contributed by atoms with E-state index in [1.54, 1.807) is 7.05 Å². The van der Waals surface area contributed by atoms with Gasteiger partial charge in [0, 0.05) is 31.2 Å². The highest BCUT2D eigenvalue weighted by molar-refractivity contribution is 7.93. The Morgan fingerprint density at radius 3 is 2.22 bits per heavy atom. The number of sulfonamides is 1. The average molecular weight is 548 g/mol. The molecule has 2 aromatic carbocycles. The fraction of sp³-hybridized carbons (Fsp3) is 0.190. The predicted octanol–water partition coefficient (Wildman–Crippen LogP) is 2.82. The molecule has 0 saturated heterocycles. The number of aromatic nitrogens is 2. The number of carboxylic acids is 1. The van der Waals surface area contributed by atoms with Gasteiger partial charge in [0.1, 0.15) is 35.3 Å². The van der Waals surface area contributed by atoms with Crippen molar-refractivity contribution in [1.29, 1.82) is 0 Å². The Labute approximate surface area is 205 Å². The number of rotatable bonds is 9. The Morgan fingerprint density at radius 2 is 1.73 bits per heavy atom. The molecule has 0 atom stereocenters. The van der Waals surface area contributed by atoms with Gasteiger partial charge in [0.05, 0.1) is 12.1 Å². The summed E-state index contributed by atoms with van der Waals surface area (Å²) in [4.78, 5) is 28.9. The van der Waals surface area contributed by atoms with Crippen LogP contribution in [0.4, 0.5) is 33.3 Å². The normalized spacial score (nSPS) is 11.4. The van der Waals surface area contributed by atoms with Crippen LogP contribution in [0, 0.1) is 23.3 Å². The second-order valence-electron chi connectivity index (χ2n) is 7.55. The monoisotopic (exact) mass is 548 g/mol. The zero-order chi connectivity index (χ0) is 27.7. The number of halogens is 5. The first-order chi connectivity index (χ1) is 17.3. The predicted molar refractivity (Wildman–Crippen MR) is 118 cm³/mol. The summed E-state index contributed by atoms with van der Waals surface area (Å²) in [5.74, 6) is -13.6. The van der Waals surface area contributed by atoms with Gasteiger partial charge in [-0.25, -0.2) is 40.1 Å². The van der Waals surface area contributed by atoms with Crippen molar-refractivity contribution in [2.75, 3.05) is 15.4 Å². The molecule has 1 heterocycles. The summed E-state index contributed by atoms with van der Waals surface area (Å²) < 4.78 is 96.6. The summed E-state index contributed by atoms with van der Waals surface area (Å²) in [7, 11) is -3.49. The lowest BCUT2D eigenvalue weighted by atomic mass is 10.1. The number of phenols is 1. The van der Waals surface area contributed by atoms with E-state index in [1.807, 2.05) is 0 Å². The molecule has 0 spiro atoms. The summed E-state index contributed by atoms with van der Waals surface area (Å²) in [5, 5.41) is 19.1. The van der Waals surface area contributed by atoms with Gasteiger partial charge in [0.25, 0.3) is 0 Å².